The number of methoxy groups -OCH3 is 1. The van der Waals surface area contributed by atoms with Gasteiger partial charge < -0.3 is 20.7 Å². The minimum absolute atomic E-state index is 0. The van der Waals surface area contributed by atoms with Crippen LogP contribution >= 0.6 is 24.0 Å². The van der Waals surface area contributed by atoms with Crippen LogP contribution in [0.3, 0.4) is 0 Å². The van der Waals surface area contributed by atoms with Gasteiger partial charge >= 0.3 is 0 Å². The molecule has 2 fully saturated rings. The second-order valence-electron chi connectivity index (χ2n) is 7.89. The topological polar surface area (TPSA) is 78.0 Å². The Kier molecular flexibility index (Phi) is 10.9. The predicted octanol–water partition coefficient (Wildman–Crippen LogP) is 2.12. The van der Waals surface area contributed by atoms with Crippen LogP contribution < -0.4 is 16.0 Å². The molecule has 2 bridgehead atoms. The van der Waals surface area contributed by atoms with Crippen molar-refractivity contribution in [3.8, 4) is 0 Å². The van der Waals surface area contributed by atoms with Crippen molar-refractivity contribution in [1.29, 1.82) is 0 Å². The van der Waals surface area contributed by atoms with Gasteiger partial charge in [-0.05, 0) is 38.2 Å². The number of hydrogen-bond acceptors (Lipinski definition) is 4. The molecule has 8 heteroatoms. The fourth-order valence-corrected chi connectivity index (χ4v) is 4.46. The summed E-state index contributed by atoms with van der Waals surface area (Å²) in [7, 11) is 1.62. The van der Waals surface area contributed by atoms with Gasteiger partial charge in [-0.1, -0.05) is 30.3 Å². The van der Waals surface area contributed by atoms with Crippen LogP contribution in [-0.4, -0.2) is 68.2 Å². The average molecular weight is 529 g/mol. The third kappa shape index (κ3) is 7.39. The van der Waals surface area contributed by atoms with Crippen LogP contribution in [0, 0.1) is 0 Å². The van der Waals surface area contributed by atoms with Crippen LogP contribution in [0.2, 0.25) is 0 Å². The first-order chi connectivity index (χ1) is 14.2. The van der Waals surface area contributed by atoms with Crippen LogP contribution in [0.5, 0.6) is 0 Å². The molecule has 0 spiro atoms. The molecule has 3 rings (SSSR count). The lowest BCUT2D eigenvalue weighted by atomic mass is 9.96. The Hall–Kier alpha value is -1.39. The van der Waals surface area contributed by atoms with E-state index in [9.17, 15) is 4.79 Å². The number of guanidine groups is 1. The molecule has 2 atom stereocenters. The summed E-state index contributed by atoms with van der Waals surface area (Å²) in [5.41, 5.74) is 1.39. The SMILES string of the molecule is CCNC(=NCC(=O)NCCOC)NC1CC2CCC(C1)N2Cc1ccccc1.I. The van der Waals surface area contributed by atoms with E-state index in [0.717, 1.165) is 31.9 Å². The van der Waals surface area contributed by atoms with E-state index in [1.807, 2.05) is 6.92 Å². The van der Waals surface area contributed by atoms with Gasteiger partial charge in [0.1, 0.15) is 6.54 Å². The number of rotatable bonds is 9. The second-order valence-corrected chi connectivity index (χ2v) is 7.89. The summed E-state index contributed by atoms with van der Waals surface area (Å²) in [6, 6.07) is 12.4. The molecule has 168 valence electrons. The molecule has 0 aromatic heterocycles. The molecule has 2 aliphatic rings. The minimum atomic E-state index is -0.0861. The van der Waals surface area contributed by atoms with E-state index < -0.39 is 0 Å². The molecule has 0 radical (unpaired) electrons. The van der Waals surface area contributed by atoms with Gasteiger partial charge in [-0.3, -0.25) is 9.69 Å². The molecule has 0 saturated carbocycles. The Balaban J connectivity index is 0.00000320. The van der Waals surface area contributed by atoms with Crippen molar-refractivity contribution >= 4 is 35.8 Å². The quantitative estimate of drug-likeness (QED) is 0.198. The highest BCUT2D eigenvalue weighted by Crippen LogP contribution is 2.36. The third-order valence-electron chi connectivity index (χ3n) is 5.79. The average Bonchev–Trinajstić information content (AvgIpc) is 2.95. The molecule has 1 aromatic rings. The molecule has 2 aliphatic heterocycles. The maximum absolute atomic E-state index is 11.9. The van der Waals surface area contributed by atoms with Crippen molar-refractivity contribution in [1.82, 2.24) is 20.9 Å². The lowest BCUT2D eigenvalue weighted by Gasteiger charge is -2.39. The zero-order valence-electron chi connectivity index (χ0n) is 18.1. The summed E-state index contributed by atoms with van der Waals surface area (Å²) in [5.74, 6) is 0.646. The highest BCUT2D eigenvalue weighted by molar-refractivity contribution is 14.0. The fourth-order valence-electron chi connectivity index (χ4n) is 4.46. The molecule has 7 nitrogen and oxygen atoms in total. The Morgan fingerprint density at radius 2 is 1.87 bits per heavy atom. The Labute approximate surface area is 197 Å². The second kappa shape index (κ2) is 13.1. The normalized spacial score (nSPS) is 23.5. The molecule has 2 unspecified atom stereocenters. The number of piperidine rings is 1. The van der Waals surface area contributed by atoms with E-state index in [-0.39, 0.29) is 36.4 Å². The van der Waals surface area contributed by atoms with Crippen molar-refractivity contribution in [2.24, 2.45) is 4.99 Å². The van der Waals surface area contributed by atoms with Crippen molar-refractivity contribution in [3.05, 3.63) is 35.9 Å². The summed E-state index contributed by atoms with van der Waals surface area (Å²) in [6.07, 6.45) is 4.78. The zero-order chi connectivity index (χ0) is 20.5. The number of fused-ring (bicyclic) bond motifs is 2. The molecule has 1 amide bonds. The number of carbonyl (C=O) groups excluding carboxylic acids is 1. The number of aliphatic imine (C=N–C) groups is 1. The highest BCUT2D eigenvalue weighted by atomic mass is 127. The zero-order valence-corrected chi connectivity index (χ0v) is 20.4. The maximum atomic E-state index is 11.9. The van der Waals surface area contributed by atoms with E-state index in [1.54, 1.807) is 7.11 Å². The van der Waals surface area contributed by atoms with Crippen molar-refractivity contribution < 1.29 is 9.53 Å². The summed E-state index contributed by atoms with van der Waals surface area (Å²) in [6.45, 7) is 5.01. The molecule has 2 heterocycles. The predicted molar refractivity (Wildman–Crippen MR) is 131 cm³/mol. The third-order valence-corrected chi connectivity index (χ3v) is 5.79. The van der Waals surface area contributed by atoms with Gasteiger partial charge in [0, 0.05) is 44.9 Å². The summed E-state index contributed by atoms with van der Waals surface area (Å²) in [5, 5.41) is 9.65. The molecule has 0 aliphatic carbocycles. The number of ether oxygens (including phenoxy) is 1. The summed E-state index contributed by atoms with van der Waals surface area (Å²) >= 11 is 0. The lowest BCUT2D eigenvalue weighted by molar-refractivity contribution is -0.119. The maximum Gasteiger partial charge on any atom is 0.241 e. The van der Waals surface area contributed by atoms with E-state index >= 15 is 0 Å². The number of benzene rings is 1. The van der Waals surface area contributed by atoms with Gasteiger partial charge in [-0.15, -0.1) is 24.0 Å². The van der Waals surface area contributed by atoms with Gasteiger partial charge in [0.25, 0.3) is 0 Å². The smallest absolute Gasteiger partial charge is 0.241 e. The van der Waals surface area contributed by atoms with E-state index in [4.69, 9.17) is 4.74 Å². The van der Waals surface area contributed by atoms with Crippen molar-refractivity contribution in [3.63, 3.8) is 0 Å². The summed E-state index contributed by atoms with van der Waals surface area (Å²) < 4.78 is 4.95. The fraction of sp³-hybridized carbons (Fsp3) is 0.636. The van der Waals surface area contributed by atoms with Crippen molar-refractivity contribution in [2.45, 2.75) is 57.3 Å². The standard InChI is InChI=1S/C22H35N5O2.HI/c1-3-23-22(25-15-21(28)24-11-12-29-2)26-18-13-19-9-10-20(14-18)27(19)16-17-7-5-4-6-8-17;/h4-8,18-20H,3,9-16H2,1-2H3,(H,24,28)(H2,23,25,26);1H. The van der Waals surface area contributed by atoms with E-state index in [0.29, 0.717) is 31.3 Å². The van der Waals surface area contributed by atoms with Gasteiger partial charge in [0.05, 0.1) is 6.61 Å². The van der Waals surface area contributed by atoms with Crippen LogP contribution in [0.25, 0.3) is 0 Å². The monoisotopic (exact) mass is 529 g/mol. The first-order valence-corrected chi connectivity index (χ1v) is 10.8. The van der Waals surface area contributed by atoms with Crippen LogP contribution in [0.15, 0.2) is 35.3 Å². The van der Waals surface area contributed by atoms with Crippen LogP contribution in [0.4, 0.5) is 0 Å². The van der Waals surface area contributed by atoms with Gasteiger partial charge in [0.2, 0.25) is 5.91 Å². The van der Waals surface area contributed by atoms with Crippen LogP contribution in [0.1, 0.15) is 38.2 Å². The molecule has 3 N–H and O–H groups in total. The molecular weight excluding hydrogens is 493 g/mol. The Morgan fingerprint density at radius 3 is 2.50 bits per heavy atom. The van der Waals surface area contributed by atoms with Gasteiger partial charge in [-0.25, -0.2) is 4.99 Å². The van der Waals surface area contributed by atoms with E-state index in [2.05, 4.69) is 56.2 Å². The number of halogens is 1. The molecular formula is C22H36IN5O2. The number of amides is 1. The molecule has 1 aromatic carbocycles. The summed E-state index contributed by atoms with van der Waals surface area (Å²) in [4.78, 5) is 19.1. The number of nitrogens with zero attached hydrogens (tertiary/aromatic N) is 2. The van der Waals surface area contributed by atoms with Gasteiger partial charge in [-0.2, -0.15) is 0 Å². The van der Waals surface area contributed by atoms with Crippen molar-refractivity contribution in [2.75, 3.05) is 33.4 Å². The largest absolute Gasteiger partial charge is 0.383 e. The van der Waals surface area contributed by atoms with Crippen LogP contribution in [-0.2, 0) is 16.1 Å². The number of nitrogens with one attached hydrogen (secondary N) is 3. The number of carbonyl (C=O) groups is 1. The van der Waals surface area contributed by atoms with E-state index in [1.165, 1.54) is 18.4 Å². The van der Waals surface area contributed by atoms with Gasteiger partial charge in [0.15, 0.2) is 5.96 Å². The molecule has 30 heavy (non-hydrogen) atoms. The molecule has 2 saturated heterocycles. The first-order valence-electron chi connectivity index (χ1n) is 10.8. The first kappa shape index (κ1) is 24.9. The lowest BCUT2D eigenvalue weighted by Crippen LogP contribution is -2.52. The Bertz CT molecular complexity index is 659. The Morgan fingerprint density at radius 1 is 1.17 bits per heavy atom. The minimum Gasteiger partial charge on any atom is -0.383 e. The number of hydrogen-bond donors (Lipinski definition) is 3. The highest BCUT2D eigenvalue weighted by Gasteiger charge is 2.40.